The average Bonchev–Trinajstić information content (AvgIpc) is 2.61. The highest BCUT2D eigenvalue weighted by molar-refractivity contribution is 5.54. The van der Waals surface area contributed by atoms with Crippen LogP contribution in [0.2, 0.25) is 0 Å². The van der Waals surface area contributed by atoms with Crippen LogP contribution in [0.1, 0.15) is 54.4 Å². The maximum atomic E-state index is 9.89. The van der Waals surface area contributed by atoms with Gasteiger partial charge in [0.15, 0.2) is 6.29 Å². The largest absolute Gasteiger partial charge is 0.389 e. The minimum atomic E-state index is -1.40. The molecule has 2 rings (SSSR count). The Morgan fingerprint density at radius 1 is 0.885 bits per heavy atom. The maximum absolute atomic E-state index is 9.89. The monoisotopic (exact) mass is 354 g/mol. The summed E-state index contributed by atoms with van der Waals surface area (Å²) >= 11 is 0. The van der Waals surface area contributed by atoms with Crippen LogP contribution in [0.5, 0.6) is 0 Å². The minimum absolute atomic E-state index is 0.223. The van der Waals surface area contributed by atoms with Gasteiger partial charge in [0, 0.05) is 5.56 Å². The zero-order valence-electron chi connectivity index (χ0n) is 15.9. The molecule has 0 bridgehead atoms. The first kappa shape index (κ1) is 20.4. The third-order valence-corrected chi connectivity index (χ3v) is 4.70. The van der Waals surface area contributed by atoms with Gasteiger partial charge in [-0.3, -0.25) is 0 Å². The molecule has 0 amide bonds. The lowest BCUT2D eigenvalue weighted by molar-refractivity contribution is -0.0424. The number of benzene rings is 2. The van der Waals surface area contributed by atoms with Crippen molar-refractivity contribution in [1.29, 1.82) is 0 Å². The van der Waals surface area contributed by atoms with Gasteiger partial charge in [0.05, 0.1) is 6.10 Å². The van der Waals surface area contributed by atoms with Crippen LogP contribution >= 0.6 is 0 Å². The predicted octanol–water partition coefficient (Wildman–Crippen LogP) is 4.18. The first-order valence-electron chi connectivity index (χ1n) is 9.27. The van der Waals surface area contributed by atoms with Gasteiger partial charge in [0.25, 0.3) is 0 Å². The van der Waals surface area contributed by atoms with Gasteiger partial charge in [-0.25, -0.2) is 0 Å². The molecule has 3 heteroatoms. The summed E-state index contributed by atoms with van der Waals surface area (Å²) in [5, 5.41) is 28.1. The van der Waals surface area contributed by atoms with Crippen molar-refractivity contribution in [2.45, 2.75) is 52.4 Å². The molecular formula is C23H30O3. The molecule has 3 N–H and O–H groups in total. The standard InChI is InChI=1S/C23H30O3/c1-16(2)22(24)14-13-20-10-9-19(15-17(20)3)6-4-5-18-7-11-21(12-8-18)23(25)26/h7-16,22-26H,4-6H2,1-3H3. The van der Waals surface area contributed by atoms with E-state index in [2.05, 4.69) is 25.1 Å². The molecule has 1 unspecified atom stereocenters. The molecule has 0 aromatic heterocycles. The lowest BCUT2D eigenvalue weighted by Gasteiger charge is -2.10. The molecular weight excluding hydrogens is 324 g/mol. The number of aryl methyl sites for hydroxylation is 3. The van der Waals surface area contributed by atoms with Crippen molar-refractivity contribution in [2.75, 3.05) is 0 Å². The number of hydrogen-bond acceptors (Lipinski definition) is 3. The second kappa shape index (κ2) is 9.67. The van der Waals surface area contributed by atoms with Crippen LogP contribution in [-0.4, -0.2) is 21.4 Å². The fraction of sp³-hybridized carbons (Fsp3) is 0.391. The molecule has 0 saturated heterocycles. The van der Waals surface area contributed by atoms with Gasteiger partial charge in [-0.15, -0.1) is 0 Å². The van der Waals surface area contributed by atoms with E-state index in [0.717, 1.165) is 24.8 Å². The Balaban J connectivity index is 1.89. The molecule has 2 aromatic rings. The zero-order valence-corrected chi connectivity index (χ0v) is 15.9. The molecule has 0 aliphatic carbocycles. The topological polar surface area (TPSA) is 60.7 Å². The van der Waals surface area contributed by atoms with Crippen molar-refractivity contribution >= 4 is 6.08 Å². The summed E-state index contributed by atoms with van der Waals surface area (Å²) in [6, 6.07) is 13.9. The summed E-state index contributed by atoms with van der Waals surface area (Å²) in [7, 11) is 0. The molecule has 0 aliphatic rings. The summed E-state index contributed by atoms with van der Waals surface area (Å²) in [6.07, 6.45) is 5.06. The van der Waals surface area contributed by atoms with Crippen molar-refractivity contribution in [1.82, 2.24) is 0 Å². The molecule has 0 fully saturated rings. The smallest absolute Gasteiger partial charge is 0.178 e. The Labute approximate surface area is 156 Å². The van der Waals surface area contributed by atoms with Gasteiger partial charge in [-0.05, 0) is 54.4 Å². The number of rotatable bonds is 8. The first-order valence-corrected chi connectivity index (χ1v) is 9.27. The van der Waals surface area contributed by atoms with E-state index in [1.807, 2.05) is 38.1 Å². The van der Waals surface area contributed by atoms with E-state index in [1.165, 1.54) is 16.7 Å². The Kier molecular flexibility index (Phi) is 7.58. The Bertz CT molecular complexity index is 715. The van der Waals surface area contributed by atoms with E-state index < -0.39 is 12.4 Å². The van der Waals surface area contributed by atoms with Crippen LogP contribution in [0.4, 0.5) is 0 Å². The van der Waals surface area contributed by atoms with Crippen LogP contribution in [0.3, 0.4) is 0 Å². The summed E-state index contributed by atoms with van der Waals surface area (Å²) in [5.74, 6) is 0.223. The Hall–Kier alpha value is -1.94. The molecule has 3 nitrogen and oxygen atoms in total. The first-order chi connectivity index (χ1) is 12.4. The van der Waals surface area contributed by atoms with Crippen LogP contribution in [0, 0.1) is 12.8 Å². The van der Waals surface area contributed by atoms with Crippen molar-refractivity contribution < 1.29 is 15.3 Å². The SMILES string of the molecule is Cc1cc(CCCc2ccc(C(O)O)cc2)ccc1C=CC(O)C(C)C. The van der Waals surface area contributed by atoms with E-state index in [4.69, 9.17) is 10.2 Å². The second-order valence-electron chi connectivity index (χ2n) is 7.25. The van der Waals surface area contributed by atoms with Gasteiger partial charge in [0.2, 0.25) is 0 Å². The van der Waals surface area contributed by atoms with E-state index in [0.29, 0.717) is 5.56 Å². The van der Waals surface area contributed by atoms with Gasteiger partial charge in [-0.2, -0.15) is 0 Å². The molecule has 0 radical (unpaired) electrons. The summed E-state index contributed by atoms with van der Waals surface area (Å²) < 4.78 is 0. The normalized spacial score (nSPS) is 13.1. The van der Waals surface area contributed by atoms with Crippen molar-refractivity contribution in [2.24, 2.45) is 5.92 Å². The van der Waals surface area contributed by atoms with Crippen molar-refractivity contribution in [3.63, 3.8) is 0 Å². The predicted molar refractivity (Wildman–Crippen MR) is 107 cm³/mol. The molecule has 140 valence electrons. The molecule has 26 heavy (non-hydrogen) atoms. The van der Waals surface area contributed by atoms with E-state index in [9.17, 15) is 5.11 Å². The lowest BCUT2D eigenvalue weighted by Crippen LogP contribution is -2.10. The molecule has 0 spiro atoms. The highest BCUT2D eigenvalue weighted by Gasteiger charge is 2.05. The van der Waals surface area contributed by atoms with Gasteiger partial charge >= 0.3 is 0 Å². The quantitative estimate of drug-likeness (QED) is 0.623. The maximum Gasteiger partial charge on any atom is 0.178 e. The fourth-order valence-corrected chi connectivity index (χ4v) is 2.86. The van der Waals surface area contributed by atoms with Crippen LogP contribution in [-0.2, 0) is 12.8 Å². The molecule has 0 saturated carbocycles. The average molecular weight is 354 g/mol. The molecule has 1 atom stereocenters. The molecule has 2 aromatic carbocycles. The zero-order chi connectivity index (χ0) is 19.1. The van der Waals surface area contributed by atoms with E-state index in [-0.39, 0.29) is 5.92 Å². The summed E-state index contributed by atoms with van der Waals surface area (Å²) in [5.41, 5.74) is 5.40. The number of aliphatic hydroxyl groups excluding tert-OH is 2. The van der Waals surface area contributed by atoms with Crippen molar-refractivity contribution in [3.05, 3.63) is 76.4 Å². The van der Waals surface area contributed by atoms with Crippen LogP contribution in [0.15, 0.2) is 48.5 Å². The number of hydrogen-bond donors (Lipinski definition) is 3. The third-order valence-electron chi connectivity index (χ3n) is 4.70. The van der Waals surface area contributed by atoms with Crippen molar-refractivity contribution in [3.8, 4) is 0 Å². The Morgan fingerprint density at radius 2 is 1.50 bits per heavy atom. The molecule has 0 aliphatic heterocycles. The fourth-order valence-electron chi connectivity index (χ4n) is 2.86. The van der Waals surface area contributed by atoms with Gasteiger partial charge in [0.1, 0.15) is 0 Å². The Morgan fingerprint density at radius 3 is 2.08 bits per heavy atom. The van der Waals surface area contributed by atoms with Gasteiger partial charge < -0.3 is 15.3 Å². The summed E-state index contributed by atoms with van der Waals surface area (Å²) in [6.45, 7) is 6.11. The van der Waals surface area contributed by atoms with E-state index in [1.54, 1.807) is 12.1 Å². The molecule has 0 heterocycles. The van der Waals surface area contributed by atoms with Crippen LogP contribution < -0.4 is 0 Å². The minimum Gasteiger partial charge on any atom is -0.389 e. The second-order valence-corrected chi connectivity index (χ2v) is 7.25. The van der Waals surface area contributed by atoms with Gasteiger partial charge in [-0.1, -0.05) is 68.5 Å². The highest BCUT2D eigenvalue weighted by atomic mass is 16.5. The van der Waals surface area contributed by atoms with Crippen LogP contribution in [0.25, 0.3) is 6.08 Å². The highest BCUT2D eigenvalue weighted by Crippen LogP contribution is 2.17. The van der Waals surface area contributed by atoms with E-state index >= 15 is 0 Å². The lowest BCUT2D eigenvalue weighted by atomic mass is 9.98. The third kappa shape index (κ3) is 6.10. The number of aliphatic hydroxyl groups is 3. The summed E-state index contributed by atoms with van der Waals surface area (Å²) in [4.78, 5) is 0.